The molecular formula is C10H12ClN5S. The van der Waals surface area contributed by atoms with Gasteiger partial charge in [-0.3, -0.25) is 0 Å². The van der Waals surface area contributed by atoms with Crippen LogP contribution in [0.2, 0.25) is 5.02 Å². The molecule has 1 N–H and O–H groups in total. The molecule has 0 spiro atoms. The van der Waals surface area contributed by atoms with E-state index >= 15 is 0 Å². The van der Waals surface area contributed by atoms with Crippen LogP contribution in [0.3, 0.4) is 0 Å². The second kappa shape index (κ2) is 5.37. The fourth-order valence-corrected chi connectivity index (χ4v) is 2.37. The first-order chi connectivity index (χ1) is 8.20. The average molecular weight is 270 g/mol. The van der Waals surface area contributed by atoms with Gasteiger partial charge in [-0.1, -0.05) is 23.4 Å². The highest BCUT2D eigenvalue weighted by atomic mass is 35.5. The van der Waals surface area contributed by atoms with Crippen molar-refractivity contribution in [2.75, 3.05) is 12.4 Å². The van der Waals surface area contributed by atoms with Gasteiger partial charge in [0.25, 0.3) is 0 Å². The van der Waals surface area contributed by atoms with Gasteiger partial charge in [-0.15, -0.1) is 0 Å². The van der Waals surface area contributed by atoms with Crippen molar-refractivity contribution in [3.63, 3.8) is 0 Å². The van der Waals surface area contributed by atoms with Gasteiger partial charge in [-0.2, -0.15) is 5.10 Å². The molecule has 2 heterocycles. The Morgan fingerprint density at radius 1 is 1.47 bits per heavy atom. The van der Waals surface area contributed by atoms with Crippen LogP contribution in [0.15, 0.2) is 23.6 Å². The van der Waals surface area contributed by atoms with Gasteiger partial charge in [-0.05, 0) is 12.1 Å². The minimum atomic E-state index is 0.665. The van der Waals surface area contributed by atoms with E-state index in [0.29, 0.717) is 10.8 Å². The highest BCUT2D eigenvalue weighted by Gasteiger charge is 2.07. The molecular weight excluding hydrogens is 258 g/mol. The van der Waals surface area contributed by atoms with Crippen LogP contribution in [0.5, 0.6) is 0 Å². The standard InChI is InChI=1S/C10H12ClN5S/c1-12-9-4-3-7(11)8(15-9)5-17-10-13-6-14-16(10)2/h3-4,6H,5H2,1-2H3,(H,12,15). The number of rotatable bonds is 4. The number of nitrogens with zero attached hydrogens (tertiary/aromatic N) is 4. The number of nitrogens with one attached hydrogen (secondary N) is 1. The Morgan fingerprint density at radius 3 is 2.94 bits per heavy atom. The van der Waals surface area contributed by atoms with Crippen LogP contribution in [0, 0.1) is 0 Å². The average Bonchev–Trinajstić information content (AvgIpc) is 2.74. The molecule has 90 valence electrons. The lowest BCUT2D eigenvalue weighted by Gasteiger charge is -2.05. The van der Waals surface area contributed by atoms with Gasteiger partial charge >= 0.3 is 0 Å². The summed E-state index contributed by atoms with van der Waals surface area (Å²) in [5.41, 5.74) is 0.839. The Kier molecular flexibility index (Phi) is 3.86. The van der Waals surface area contributed by atoms with Crippen molar-refractivity contribution in [1.29, 1.82) is 0 Å². The zero-order chi connectivity index (χ0) is 12.3. The van der Waals surface area contributed by atoms with E-state index in [4.69, 9.17) is 11.6 Å². The first-order valence-electron chi connectivity index (χ1n) is 5.00. The van der Waals surface area contributed by atoms with Crippen molar-refractivity contribution >= 4 is 29.2 Å². The number of hydrogen-bond acceptors (Lipinski definition) is 5. The van der Waals surface area contributed by atoms with Crippen molar-refractivity contribution in [2.45, 2.75) is 10.9 Å². The van der Waals surface area contributed by atoms with Gasteiger partial charge in [0.1, 0.15) is 12.1 Å². The van der Waals surface area contributed by atoms with Crippen LogP contribution < -0.4 is 5.32 Å². The molecule has 0 unspecified atom stereocenters. The van der Waals surface area contributed by atoms with Crippen molar-refractivity contribution in [2.24, 2.45) is 7.05 Å². The molecule has 0 amide bonds. The fraction of sp³-hybridized carbons (Fsp3) is 0.300. The van der Waals surface area contributed by atoms with E-state index < -0.39 is 0 Å². The molecule has 0 fully saturated rings. The first-order valence-corrected chi connectivity index (χ1v) is 6.37. The minimum Gasteiger partial charge on any atom is -0.373 e. The van der Waals surface area contributed by atoms with Crippen molar-refractivity contribution in [3.05, 3.63) is 29.2 Å². The number of anilines is 1. The Morgan fingerprint density at radius 2 is 2.29 bits per heavy atom. The summed E-state index contributed by atoms with van der Waals surface area (Å²) in [5, 5.41) is 8.50. The van der Waals surface area contributed by atoms with E-state index in [2.05, 4.69) is 20.4 Å². The topological polar surface area (TPSA) is 55.6 Å². The second-order valence-corrected chi connectivity index (χ2v) is 4.68. The molecule has 2 aromatic heterocycles. The largest absolute Gasteiger partial charge is 0.373 e. The van der Waals surface area contributed by atoms with E-state index in [9.17, 15) is 0 Å². The summed E-state index contributed by atoms with van der Waals surface area (Å²) >= 11 is 7.64. The first kappa shape index (κ1) is 12.2. The Labute approximate surface area is 109 Å². The maximum atomic E-state index is 6.09. The molecule has 0 saturated carbocycles. The highest BCUT2D eigenvalue weighted by Crippen LogP contribution is 2.24. The molecule has 0 atom stereocenters. The van der Waals surface area contributed by atoms with Crippen LogP contribution >= 0.6 is 23.4 Å². The molecule has 0 aromatic carbocycles. The van der Waals surface area contributed by atoms with Crippen LogP contribution in [-0.2, 0) is 12.8 Å². The van der Waals surface area contributed by atoms with Crippen molar-refractivity contribution < 1.29 is 0 Å². The monoisotopic (exact) mass is 269 g/mol. The zero-order valence-corrected chi connectivity index (χ0v) is 11.1. The third kappa shape index (κ3) is 2.89. The molecule has 0 aliphatic heterocycles. The number of pyridine rings is 1. The number of aryl methyl sites for hydroxylation is 1. The van der Waals surface area contributed by atoms with Gasteiger partial charge in [-0.25, -0.2) is 14.6 Å². The van der Waals surface area contributed by atoms with Crippen LogP contribution in [0.4, 0.5) is 5.82 Å². The lowest BCUT2D eigenvalue weighted by molar-refractivity contribution is 0.685. The van der Waals surface area contributed by atoms with E-state index in [-0.39, 0.29) is 0 Å². The van der Waals surface area contributed by atoms with Crippen LogP contribution in [0.25, 0.3) is 0 Å². The highest BCUT2D eigenvalue weighted by molar-refractivity contribution is 7.98. The Balaban J connectivity index is 2.11. The smallest absolute Gasteiger partial charge is 0.186 e. The third-order valence-corrected chi connectivity index (χ3v) is 3.57. The van der Waals surface area contributed by atoms with Crippen LogP contribution in [0.1, 0.15) is 5.69 Å². The van der Waals surface area contributed by atoms with Gasteiger partial charge in [0.2, 0.25) is 0 Å². The summed E-state index contributed by atoms with van der Waals surface area (Å²) in [7, 11) is 3.68. The Bertz CT molecular complexity index is 513. The minimum absolute atomic E-state index is 0.665. The number of hydrogen-bond donors (Lipinski definition) is 1. The SMILES string of the molecule is CNc1ccc(Cl)c(CSc2ncnn2C)n1. The van der Waals surface area contributed by atoms with Gasteiger partial charge in [0.15, 0.2) is 5.16 Å². The van der Waals surface area contributed by atoms with Gasteiger partial charge < -0.3 is 5.32 Å². The number of halogens is 1. The summed E-state index contributed by atoms with van der Waals surface area (Å²) < 4.78 is 1.72. The molecule has 7 heteroatoms. The molecule has 5 nitrogen and oxygen atoms in total. The maximum absolute atomic E-state index is 6.09. The van der Waals surface area contributed by atoms with Crippen molar-refractivity contribution in [3.8, 4) is 0 Å². The quantitative estimate of drug-likeness (QED) is 0.863. The predicted molar refractivity (Wildman–Crippen MR) is 69.4 cm³/mol. The summed E-state index contributed by atoms with van der Waals surface area (Å²) in [6.45, 7) is 0. The lowest BCUT2D eigenvalue weighted by Crippen LogP contribution is -1.98. The Hall–Kier alpha value is -1.27. The van der Waals surface area contributed by atoms with E-state index in [1.54, 1.807) is 16.4 Å². The van der Waals surface area contributed by atoms with Gasteiger partial charge in [0, 0.05) is 19.8 Å². The fourth-order valence-electron chi connectivity index (χ4n) is 1.27. The van der Waals surface area contributed by atoms with Crippen LogP contribution in [-0.4, -0.2) is 26.8 Å². The summed E-state index contributed by atoms with van der Waals surface area (Å²) in [6.07, 6.45) is 1.53. The zero-order valence-electron chi connectivity index (χ0n) is 9.51. The second-order valence-electron chi connectivity index (χ2n) is 3.33. The van der Waals surface area contributed by atoms with E-state index in [0.717, 1.165) is 16.7 Å². The summed E-state index contributed by atoms with van der Waals surface area (Å²) in [5.74, 6) is 1.48. The van der Waals surface area contributed by atoms with E-state index in [1.165, 1.54) is 6.33 Å². The maximum Gasteiger partial charge on any atom is 0.186 e. The van der Waals surface area contributed by atoms with Gasteiger partial charge in [0.05, 0.1) is 10.7 Å². The molecule has 2 rings (SSSR count). The summed E-state index contributed by atoms with van der Waals surface area (Å²) in [6, 6.07) is 3.69. The number of thioether (sulfide) groups is 1. The molecule has 0 aliphatic rings. The third-order valence-electron chi connectivity index (χ3n) is 2.18. The molecule has 0 saturated heterocycles. The molecule has 2 aromatic rings. The molecule has 0 bridgehead atoms. The summed E-state index contributed by atoms with van der Waals surface area (Å²) in [4.78, 5) is 8.53. The molecule has 0 aliphatic carbocycles. The van der Waals surface area contributed by atoms with Crippen molar-refractivity contribution in [1.82, 2.24) is 19.7 Å². The molecule has 0 radical (unpaired) electrons. The normalized spacial score (nSPS) is 10.5. The lowest BCUT2D eigenvalue weighted by atomic mass is 10.3. The van der Waals surface area contributed by atoms with E-state index in [1.807, 2.05) is 26.2 Å². The molecule has 17 heavy (non-hydrogen) atoms. The predicted octanol–water partition coefficient (Wildman–Crippen LogP) is 2.20. The number of aromatic nitrogens is 4.